The van der Waals surface area contributed by atoms with Gasteiger partial charge in [0.25, 0.3) is 5.91 Å². The van der Waals surface area contributed by atoms with Crippen molar-refractivity contribution in [3.63, 3.8) is 0 Å². The molecule has 25 heavy (non-hydrogen) atoms. The van der Waals surface area contributed by atoms with Gasteiger partial charge < -0.3 is 15.0 Å². The second kappa shape index (κ2) is 10.7. The van der Waals surface area contributed by atoms with Gasteiger partial charge in [-0.25, -0.2) is 0 Å². The normalized spacial score (nSPS) is 11.3. The second-order valence-corrected chi connectivity index (χ2v) is 5.89. The summed E-state index contributed by atoms with van der Waals surface area (Å²) in [5.74, 6) is 0.754. The number of hydrogen-bond donors (Lipinski definition) is 1. The first-order valence-corrected chi connectivity index (χ1v) is 8.30. The van der Waals surface area contributed by atoms with E-state index >= 15 is 0 Å². The van der Waals surface area contributed by atoms with Gasteiger partial charge in [0.15, 0.2) is 6.10 Å². The molecule has 0 saturated carbocycles. The molecule has 0 aliphatic rings. The van der Waals surface area contributed by atoms with Crippen molar-refractivity contribution in [3.05, 3.63) is 65.7 Å². The highest BCUT2D eigenvalue weighted by atomic mass is 35.5. The fourth-order valence-corrected chi connectivity index (χ4v) is 2.52. The third-order valence-corrected chi connectivity index (χ3v) is 3.93. The Balaban J connectivity index is 0.00000312. The smallest absolute Gasteiger partial charge is 0.263 e. The molecule has 4 nitrogen and oxygen atoms in total. The molecule has 1 amide bonds. The topological polar surface area (TPSA) is 41.6 Å². The average Bonchev–Trinajstić information content (AvgIpc) is 2.61. The lowest BCUT2D eigenvalue weighted by molar-refractivity contribution is -0.136. The van der Waals surface area contributed by atoms with Gasteiger partial charge in [0.1, 0.15) is 5.75 Å². The Bertz CT molecular complexity index is 649. The van der Waals surface area contributed by atoms with Gasteiger partial charge >= 0.3 is 0 Å². The van der Waals surface area contributed by atoms with E-state index in [0.717, 1.165) is 24.3 Å². The van der Waals surface area contributed by atoms with Gasteiger partial charge in [-0.05, 0) is 31.2 Å². The summed E-state index contributed by atoms with van der Waals surface area (Å²) in [5.41, 5.74) is 2.31. The molecule has 1 atom stereocenters. The van der Waals surface area contributed by atoms with Crippen LogP contribution in [0.5, 0.6) is 5.75 Å². The summed E-state index contributed by atoms with van der Waals surface area (Å²) in [6.45, 7) is 3.23. The van der Waals surface area contributed by atoms with E-state index in [0.29, 0.717) is 6.54 Å². The van der Waals surface area contributed by atoms with Gasteiger partial charge in [0.05, 0.1) is 0 Å². The van der Waals surface area contributed by atoms with Gasteiger partial charge in [-0.3, -0.25) is 4.79 Å². The Morgan fingerprint density at radius 3 is 2.44 bits per heavy atom. The first-order chi connectivity index (χ1) is 11.6. The number of para-hydroxylation sites is 1. The minimum absolute atomic E-state index is 0. The van der Waals surface area contributed by atoms with E-state index in [1.165, 1.54) is 5.56 Å². The van der Waals surface area contributed by atoms with E-state index in [9.17, 15) is 4.79 Å². The number of rotatable bonds is 8. The molecule has 0 bridgehead atoms. The van der Waals surface area contributed by atoms with Crippen molar-refractivity contribution in [2.45, 2.75) is 19.4 Å². The first-order valence-electron chi connectivity index (χ1n) is 8.30. The van der Waals surface area contributed by atoms with E-state index in [2.05, 4.69) is 17.4 Å². The van der Waals surface area contributed by atoms with Crippen molar-refractivity contribution in [3.8, 4) is 5.75 Å². The molecule has 136 valence electrons. The minimum atomic E-state index is -0.510. The standard InChI is InChI=1S/C20H26N2O2.ClH/c1-16(20(23)22(3)14-13-21-2)24-19-12-8-7-11-18(19)15-17-9-5-4-6-10-17;/h4-12,16,21H,13-15H2,1-3H3;1H. The highest BCUT2D eigenvalue weighted by Gasteiger charge is 2.19. The molecule has 5 heteroatoms. The zero-order valence-electron chi connectivity index (χ0n) is 15.1. The molecule has 0 aliphatic carbocycles. The number of ether oxygens (including phenoxy) is 1. The van der Waals surface area contributed by atoms with Gasteiger partial charge in [-0.2, -0.15) is 0 Å². The van der Waals surface area contributed by atoms with Crippen molar-refractivity contribution in [1.29, 1.82) is 0 Å². The Kier molecular flexibility index (Phi) is 9.03. The van der Waals surface area contributed by atoms with Gasteiger partial charge in [-0.1, -0.05) is 48.5 Å². The summed E-state index contributed by atoms with van der Waals surface area (Å²) in [5, 5.41) is 3.04. The molecule has 0 fully saturated rings. The Morgan fingerprint density at radius 1 is 1.12 bits per heavy atom. The molecule has 0 spiro atoms. The number of halogens is 1. The van der Waals surface area contributed by atoms with Crippen LogP contribution in [0.25, 0.3) is 0 Å². The minimum Gasteiger partial charge on any atom is -0.481 e. The second-order valence-electron chi connectivity index (χ2n) is 5.89. The highest BCUT2D eigenvalue weighted by molar-refractivity contribution is 5.85. The summed E-state index contributed by atoms with van der Waals surface area (Å²) in [7, 11) is 3.67. The van der Waals surface area contributed by atoms with Crippen molar-refractivity contribution >= 4 is 18.3 Å². The lowest BCUT2D eigenvalue weighted by Gasteiger charge is -2.23. The van der Waals surface area contributed by atoms with Crippen LogP contribution >= 0.6 is 12.4 Å². The summed E-state index contributed by atoms with van der Waals surface area (Å²) >= 11 is 0. The van der Waals surface area contributed by atoms with E-state index in [1.807, 2.05) is 49.5 Å². The van der Waals surface area contributed by atoms with Crippen LogP contribution in [0.2, 0.25) is 0 Å². The average molecular weight is 363 g/mol. The quantitative estimate of drug-likeness (QED) is 0.784. The molecule has 2 aromatic carbocycles. The summed E-state index contributed by atoms with van der Waals surface area (Å²) < 4.78 is 5.97. The van der Waals surface area contributed by atoms with Crippen LogP contribution in [-0.2, 0) is 11.2 Å². The Labute approximate surface area is 156 Å². The molecule has 1 unspecified atom stereocenters. The number of hydrogen-bond acceptors (Lipinski definition) is 3. The number of amides is 1. The SMILES string of the molecule is CNCCN(C)C(=O)C(C)Oc1ccccc1Cc1ccccc1.Cl. The molecule has 2 aromatic rings. The number of benzene rings is 2. The molecule has 0 saturated heterocycles. The molecule has 0 radical (unpaired) electrons. The number of carbonyl (C=O) groups is 1. The maximum absolute atomic E-state index is 12.4. The van der Waals surface area contributed by atoms with Crippen molar-refractivity contribution in [1.82, 2.24) is 10.2 Å². The zero-order valence-corrected chi connectivity index (χ0v) is 15.9. The van der Waals surface area contributed by atoms with Crippen LogP contribution in [0.15, 0.2) is 54.6 Å². The van der Waals surface area contributed by atoms with Crippen LogP contribution in [0.1, 0.15) is 18.1 Å². The molecule has 0 aliphatic heterocycles. The van der Waals surface area contributed by atoms with Crippen molar-refractivity contribution in [2.24, 2.45) is 0 Å². The van der Waals surface area contributed by atoms with Crippen LogP contribution in [-0.4, -0.2) is 44.1 Å². The largest absolute Gasteiger partial charge is 0.481 e. The maximum Gasteiger partial charge on any atom is 0.263 e. The monoisotopic (exact) mass is 362 g/mol. The Hall–Kier alpha value is -2.04. The predicted molar refractivity (Wildman–Crippen MR) is 105 cm³/mol. The van der Waals surface area contributed by atoms with E-state index in [4.69, 9.17) is 4.74 Å². The molecule has 2 rings (SSSR count). The van der Waals surface area contributed by atoms with E-state index in [1.54, 1.807) is 18.9 Å². The fourth-order valence-electron chi connectivity index (χ4n) is 2.52. The summed E-state index contributed by atoms with van der Waals surface area (Å²) in [6, 6.07) is 18.2. The van der Waals surface area contributed by atoms with Gasteiger partial charge in [0.2, 0.25) is 0 Å². The molecular weight excluding hydrogens is 336 g/mol. The fraction of sp³-hybridized carbons (Fsp3) is 0.350. The van der Waals surface area contributed by atoms with Gasteiger partial charge in [-0.15, -0.1) is 12.4 Å². The van der Waals surface area contributed by atoms with E-state index < -0.39 is 6.10 Å². The number of nitrogens with one attached hydrogen (secondary N) is 1. The van der Waals surface area contributed by atoms with Crippen LogP contribution < -0.4 is 10.1 Å². The summed E-state index contributed by atoms with van der Waals surface area (Å²) in [4.78, 5) is 14.1. The van der Waals surface area contributed by atoms with Crippen LogP contribution in [0.3, 0.4) is 0 Å². The Morgan fingerprint density at radius 2 is 1.76 bits per heavy atom. The zero-order chi connectivity index (χ0) is 17.4. The molecular formula is C20H27ClN2O2. The third-order valence-electron chi connectivity index (χ3n) is 3.93. The summed E-state index contributed by atoms with van der Waals surface area (Å²) in [6.07, 6.45) is 0.275. The molecule has 1 N–H and O–H groups in total. The van der Waals surface area contributed by atoms with Crippen molar-refractivity contribution in [2.75, 3.05) is 27.2 Å². The van der Waals surface area contributed by atoms with Crippen LogP contribution in [0.4, 0.5) is 0 Å². The van der Waals surface area contributed by atoms with E-state index in [-0.39, 0.29) is 18.3 Å². The third kappa shape index (κ3) is 6.40. The lowest BCUT2D eigenvalue weighted by atomic mass is 10.0. The molecule has 0 heterocycles. The molecule has 0 aromatic heterocycles. The van der Waals surface area contributed by atoms with Crippen LogP contribution in [0, 0.1) is 0 Å². The number of nitrogens with zero attached hydrogens (tertiary/aromatic N) is 1. The number of carbonyl (C=O) groups excluding carboxylic acids is 1. The van der Waals surface area contributed by atoms with Gasteiger partial charge in [0, 0.05) is 26.6 Å². The lowest BCUT2D eigenvalue weighted by Crippen LogP contribution is -2.40. The predicted octanol–water partition coefficient (Wildman–Crippen LogP) is 3.14. The highest BCUT2D eigenvalue weighted by Crippen LogP contribution is 2.22. The number of likely N-dealkylation sites (N-methyl/N-ethyl adjacent to an activating group) is 2. The van der Waals surface area contributed by atoms with Crippen molar-refractivity contribution < 1.29 is 9.53 Å². The maximum atomic E-state index is 12.4. The first kappa shape index (κ1) is 21.0.